The van der Waals surface area contributed by atoms with Crippen LogP contribution in [0.25, 0.3) is 0 Å². The number of aliphatic hydroxyl groups is 1. The van der Waals surface area contributed by atoms with Gasteiger partial charge in [0, 0.05) is 17.8 Å². The topological polar surface area (TPSA) is 20.2 Å². The molecule has 0 aromatic carbocycles. The van der Waals surface area contributed by atoms with Gasteiger partial charge in [-0.3, -0.25) is 0 Å². The normalized spacial score (nSPS) is 38.5. The zero-order chi connectivity index (χ0) is 22.7. The number of hydrogen-bond acceptors (Lipinski definition) is 1. The summed E-state index contributed by atoms with van der Waals surface area (Å²) in [5.74, 6) is -0.160. The third-order valence-corrected chi connectivity index (χ3v) is 9.49. The van der Waals surface area contributed by atoms with E-state index in [4.69, 9.17) is 0 Å². The van der Waals surface area contributed by atoms with Crippen LogP contribution in [0.1, 0.15) is 103 Å². The first-order valence-electron chi connectivity index (χ1n) is 13.5. The summed E-state index contributed by atoms with van der Waals surface area (Å²) in [6, 6.07) is 0. The first-order valence-corrected chi connectivity index (χ1v) is 13.5. The Hall–Kier alpha value is -0.770. The molecule has 0 amide bonds. The van der Waals surface area contributed by atoms with Crippen molar-refractivity contribution in [3.63, 3.8) is 0 Å². The van der Waals surface area contributed by atoms with Crippen LogP contribution in [-0.4, -0.2) is 11.2 Å². The van der Waals surface area contributed by atoms with Crippen molar-refractivity contribution in [1.29, 1.82) is 0 Å². The lowest BCUT2D eigenvalue weighted by atomic mass is 9.67. The second-order valence-corrected chi connectivity index (χ2v) is 11.5. The minimum absolute atomic E-state index is 0.0109. The van der Waals surface area contributed by atoms with Crippen LogP contribution in [0.4, 0.5) is 13.2 Å². The second kappa shape index (κ2) is 11.1. The largest absolute Gasteiger partial charge is 0.393 e. The van der Waals surface area contributed by atoms with Crippen LogP contribution in [0, 0.1) is 41.4 Å². The first kappa shape index (κ1) is 24.4. The molecule has 2 fully saturated rings. The minimum Gasteiger partial charge on any atom is -0.393 e. The molecule has 182 valence electrons. The molecule has 0 saturated heterocycles. The van der Waals surface area contributed by atoms with Crippen LogP contribution < -0.4 is 0 Å². The van der Waals surface area contributed by atoms with Crippen molar-refractivity contribution in [2.75, 3.05) is 0 Å². The highest BCUT2D eigenvalue weighted by Crippen LogP contribution is 2.49. The highest BCUT2D eigenvalue weighted by Gasteiger charge is 2.40. The fraction of sp³-hybridized carbons (Fsp3) is 0.857. The number of aliphatic hydroxyl groups excluding tert-OH is 1. The molecule has 0 aliphatic heterocycles. The third kappa shape index (κ3) is 5.65. The molecule has 2 saturated carbocycles. The predicted molar refractivity (Wildman–Crippen MR) is 124 cm³/mol. The molecule has 1 N–H and O–H groups in total. The van der Waals surface area contributed by atoms with Crippen molar-refractivity contribution >= 4 is 0 Å². The van der Waals surface area contributed by atoms with Gasteiger partial charge in [0.05, 0.1) is 11.9 Å². The molecule has 0 unspecified atom stereocenters. The van der Waals surface area contributed by atoms with Gasteiger partial charge in [0.1, 0.15) is 11.7 Å². The molecular weight excluding hydrogens is 409 g/mol. The Bertz CT molecular complexity index is 672. The maximum atomic E-state index is 15.1. The van der Waals surface area contributed by atoms with Gasteiger partial charge in [-0.1, -0.05) is 26.2 Å². The average molecular weight is 453 g/mol. The summed E-state index contributed by atoms with van der Waals surface area (Å²) in [6.07, 6.45) is 15.7. The van der Waals surface area contributed by atoms with Crippen LogP contribution >= 0.6 is 0 Å². The van der Waals surface area contributed by atoms with Gasteiger partial charge in [-0.2, -0.15) is 0 Å². The van der Waals surface area contributed by atoms with Crippen molar-refractivity contribution in [2.24, 2.45) is 41.4 Å². The fourth-order valence-electron chi connectivity index (χ4n) is 7.24. The predicted octanol–water partition coefficient (Wildman–Crippen LogP) is 8.59. The zero-order valence-electron chi connectivity index (χ0n) is 19.9. The van der Waals surface area contributed by atoms with Gasteiger partial charge < -0.3 is 5.11 Å². The highest BCUT2D eigenvalue weighted by molar-refractivity contribution is 5.14. The van der Waals surface area contributed by atoms with E-state index < -0.39 is 11.7 Å². The Balaban J connectivity index is 1.25. The van der Waals surface area contributed by atoms with Gasteiger partial charge in [-0.25, -0.2) is 13.2 Å². The summed E-state index contributed by atoms with van der Waals surface area (Å²) in [5.41, 5.74) is 0. The fourth-order valence-corrected chi connectivity index (χ4v) is 7.24. The molecule has 5 atom stereocenters. The van der Waals surface area contributed by atoms with E-state index in [9.17, 15) is 13.9 Å². The minimum atomic E-state index is -0.434. The molecule has 0 aromatic heterocycles. The van der Waals surface area contributed by atoms with Gasteiger partial charge in [0.15, 0.2) is 0 Å². The summed E-state index contributed by atoms with van der Waals surface area (Å²) < 4.78 is 43.9. The van der Waals surface area contributed by atoms with Crippen LogP contribution in [-0.2, 0) is 0 Å². The molecule has 32 heavy (non-hydrogen) atoms. The van der Waals surface area contributed by atoms with Gasteiger partial charge in [-0.15, -0.1) is 0 Å². The molecule has 0 spiro atoms. The molecule has 1 nitrogen and oxygen atoms in total. The maximum Gasteiger partial charge on any atom is 0.135 e. The molecule has 4 aliphatic rings. The van der Waals surface area contributed by atoms with E-state index in [0.29, 0.717) is 12.3 Å². The summed E-state index contributed by atoms with van der Waals surface area (Å²) in [6.45, 7) is 1.93. The van der Waals surface area contributed by atoms with E-state index in [1.807, 2.05) is 6.92 Å². The maximum absolute atomic E-state index is 15.1. The Kier molecular flexibility index (Phi) is 8.45. The zero-order valence-corrected chi connectivity index (χ0v) is 19.9. The second-order valence-electron chi connectivity index (χ2n) is 11.5. The Morgan fingerprint density at radius 1 is 0.781 bits per heavy atom. The quantitative estimate of drug-likeness (QED) is 0.428. The van der Waals surface area contributed by atoms with E-state index in [1.165, 1.54) is 6.42 Å². The van der Waals surface area contributed by atoms with Crippen molar-refractivity contribution in [3.8, 4) is 0 Å². The van der Waals surface area contributed by atoms with E-state index >= 15 is 4.39 Å². The molecule has 0 heterocycles. The van der Waals surface area contributed by atoms with Crippen molar-refractivity contribution in [3.05, 3.63) is 23.6 Å². The SMILES string of the molecule is C[C@H]1CC[C@@H](CC[C@H](O)C2CCC([C@H]3CC[C@@H](C4CCCCC4)C(F)=C3F)CC2)C=C1F. The van der Waals surface area contributed by atoms with E-state index in [0.717, 1.165) is 83.5 Å². The summed E-state index contributed by atoms with van der Waals surface area (Å²) in [4.78, 5) is 0. The molecule has 0 bridgehead atoms. The number of rotatable bonds is 6. The molecular formula is C28H43F3O. The van der Waals surface area contributed by atoms with Gasteiger partial charge in [0.2, 0.25) is 0 Å². The molecule has 0 radical (unpaired) electrons. The smallest absolute Gasteiger partial charge is 0.135 e. The lowest BCUT2D eigenvalue weighted by Gasteiger charge is -2.39. The Morgan fingerprint density at radius 2 is 1.38 bits per heavy atom. The number of halogens is 3. The van der Waals surface area contributed by atoms with Crippen LogP contribution in [0.3, 0.4) is 0 Å². The van der Waals surface area contributed by atoms with Crippen LogP contribution in [0.2, 0.25) is 0 Å². The van der Waals surface area contributed by atoms with Crippen molar-refractivity contribution in [1.82, 2.24) is 0 Å². The number of hydrogen-bond donors (Lipinski definition) is 1. The van der Waals surface area contributed by atoms with Gasteiger partial charge in [-0.05, 0) is 107 Å². The summed E-state index contributed by atoms with van der Waals surface area (Å²) >= 11 is 0. The van der Waals surface area contributed by atoms with E-state index in [1.54, 1.807) is 6.08 Å². The van der Waals surface area contributed by atoms with E-state index in [2.05, 4.69) is 0 Å². The lowest BCUT2D eigenvalue weighted by molar-refractivity contribution is 0.0507. The molecule has 0 aromatic rings. The Morgan fingerprint density at radius 3 is 1.97 bits per heavy atom. The highest BCUT2D eigenvalue weighted by atomic mass is 19.2. The van der Waals surface area contributed by atoms with Crippen molar-refractivity contribution < 1.29 is 18.3 Å². The lowest BCUT2D eigenvalue weighted by Crippen LogP contribution is -2.32. The standard InChI is InChI=1S/C28H43F3O/c1-18-7-8-19(17-25(18)29)9-16-26(32)22-12-10-21(11-13-22)24-15-14-23(27(30)28(24)31)20-5-3-2-4-6-20/h17-24,26,32H,2-16H2,1H3/t18-,19-,21?,22?,23-,24+,26-/m0/s1. The Labute approximate surface area is 192 Å². The van der Waals surface area contributed by atoms with Crippen LogP contribution in [0.15, 0.2) is 23.6 Å². The summed E-state index contributed by atoms with van der Waals surface area (Å²) in [7, 11) is 0. The molecule has 4 rings (SSSR count). The number of allylic oxidation sites excluding steroid dienone is 4. The van der Waals surface area contributed by atoms with Crippen molar-refractivity contribution in [2.45, 2.75) is 109 Å². The summed E-state index contributed by atoms with van der Waals surface area (Å²) in [5, 5.41) is 10.7. The van der Waals surface area contributed by atoms with Gasteiger partial charge in [0.25, 0.3) is 0 Å². The van der Waals surface area contributed by atoms with Crippen LogP contribution in [0.5, 0.6) is 0 Å². The molecule has 4 aliphatic carbocycles. The first-order chi connectivity index (χ1) is 15.4. The van der Waals surface area contributed by atoms with Gasteiger partial charge >= 0.3 is 0 Å². The monoisotopic (exact) mass is 452 g/mol. The van der Waals surface area contributed by atoms with E-state index in [-0.39, 0.29) is 47.4 Å². The third-order valence-electron chi connectivity index (χ3n) is 9.49. The average Bonchev–Trinajstić information content (AvgIpc) is 2.82. The molecule has 4 heteroatoms.